The minimum absolute atomic E-state index is 0.0310. The second-order valence-electron chi connectivity index (χ2n) is 6.84. The lowest BCUT2D eigenvalue weighted by Crippen LogP contribution is -2.33. The number of hydrogen-bond donors (Lipinski definition) is 4. The predicted molar refractivity (Wildman–Crippen MR) is 98.1 cm³/mol. The van der Waals surface area contributed by atoms with E-state index < -0.39 is 24.1 Å². The van der Waals surface area contributed by atoms with Gasteiger partial charge in [-0.1, -0.05) is 0 Å². The van der Waals surface area contributed by atoms with E-state index in [2.05, 4.69) is 15.5 Å². The zero-order valence-electron chi connectivity index (χ0n) is 15.9. The Kier molecular flexibility index (Phi) is 7.68. The smallest absolute Gasteiger partial charge is 0.490 e. The van der Waals surface area contributed by atoms with Gasteiger partial charge in [-0.3, -0.25) is 0 Å². The number of alkyl halides is 3. The van der Waals surface area contributed by atoms with Crippen LogP contribution in [0.3, 0.4) is 0 Å². The Hall–Kier alpha value is -2.79. The highest BCUT2D eigenvalue weighted by atomic mass is 19.4. The Morgan fingerprint density at radius 2 is 1.93 bits per heavy atom. The van der Waals surface area contributed by atoms with Gasteiger partial charge in [0.05, 0.1) is 17.0 Å². The van der Waals surface area contributed by atoms with E-state index in [1.54, 1.807) is 19.1 Å². The number of benzene rings is 1. The second kappa shape index (κ2) is 9.81. The lowest BCUT2D eigenvalue weighted by molar-refractivity contribution is -0.192. The van der Waals surface area contributed by atoms with E-state index in [-0.39, 0.29) is 22.9 Å². The standard InChI is InChI=1S/C17H20FN3O2.C2HF3O2/c1-10-7-12(18)16(15(22)8-10)13-4-5-14(21-20-13)17(23)11-3-2-6-19-9-11;3-2(4,5)1(6)7/h4-5,7-8,11,17,19,22-23H,2-3,6,9H2,1H3;(H,6,7). The number of rotatable bonds is 3. The van der Waals surface area contributed by atoms with Crippen molar-refractivity contribution in [2.24, 2.45) is 5.92 Å². The fourth-order valence-corrected chi connectivity index (χ4v) is 3.00. The molecule has 0 aliphatic carbocycles. The molecule has 0 bridgehead atoms. The van der Waals surface area contributed by atoms with Crippen molar-refractivity contribution in [1.29, 1.82) is 0 Å². The molecule has 1 aliphatic heterocycles. The van der Waals surface area contributed by atoms with Gasteiger partial charge in [0.1, 0.15) is 17.7 Å². The number of aryl methyl sites for hydroxylation is 1. The van der Waals surface area contributed by atoms with Crippen molar-refractivity contribution in [3.8, 4) is 17.0 Å². The number of hydrogen-bond acceptors (Lipinski definition) is 6. The molecule has 2 atom stereocenters. The van der Waals surface area contributed by atoms with Crippen molar-refractivity contribution in [2.75, 3.05) is 13.1 Å². The van der Waals surface area contributed by atoms with E-state index in [4.69, 9.17) is 9.90 Å². The maximum Gasteiger partial charge on any atom is 0.490 e. The molecule has 1 aliphatic rings. The Labute approximate surface area is 169 Å². The SMILES string of the molecule is Cc1cc(O)c(-c2ccc(C(O)C3CCCNC3)nn2)c(F)c1.O=C(O)C(F)(F)F. The van der Waals surface area contributed by atoms with Crippen LogP contribution in [0.2, 0.25) is 0 Å². The molecule has 1 aromatic heterocycles. The van der Waals surface area contributed by atoms with Crippen LogP contribution in [0, 0.1) is 18.7 Å². The molecule has 30 heavy (non-hydrogen) atoms. The van der Waals surface area contributed by atoms with Gasteiger partial charge in [0.2, 0.25) is 0 Å². The molecule has 0 saturated carbocycles. The molecule has 0 radical (unpaired) electrons. The average molecular weight is 431 g/mol. The molecule has 7 nitrogen and oxygen atoms in total. The first-order chi connectivity index (χ1) is 14.0. The van der Waals surface area contributed by atoms with Crippen LogP contribution < -0.4 is 5.32 Å². The fraction of sp³-hybridized carbons (Fsp3) is 0.421. The number of nitrogens with zero attached hydrogens (tertiary/aromatic N) is 2. The summed E-state index contributed by atoms with van der Waals surface area (Å²) in [5.41, 5.74) is 1.38. The van der Waals surface area contributed by atoms with Crippen LogP contribution in [0.25, 0.3) is 11.3 Å². The third kappa shape index (κ3) is 6.10. The molecule has 1 saturated heterocycles. The Morgan fingerprint density at radius 1 is 1.27 bits per heavy atom. The van der Waals surface area contributed by atoms with E-state index >= 15 is 0 Å². The molecule has 0 spiro atoms. The molecule has 2 unspecified atom stereocenters. The molecule has 2 heterocycles. The number of piperidine rings is 1. The first kappa shape index (κ1) is 23.5. The first-order valence-corrected chi connectivity index (χ1v) is 9.02. The summed E-state index contributed by atoms with van der Waals surface area (Å²) in [6, 6.07) is 6.04. The summed E-state index contributed by atoms with van der Waals surface area (Å²) in [6.45, 7) is 3.42. The molecule has 1 aromatic carbocycles. The van der Waals surface area contributed by atoms with Crippen LogP contribution in [0.15, 0.2) is 24.3 Å². The summed E-state index contributed by atoms with van der Waals surface area (Å²) in [7, 11) is 0. The molecule has 0 amide bonds. The van der Waals surface area contributed by atoms with E-state index in [9.17, 15) is 27.8 Å². The van der Waals surface area contributed by atoms with Crippen LogP contribution in [0.5, 0.6) is 5.75 Å². The summed E-state index contributed by atoms with van der Waals surface area (Å²) in [5.74, 6) is -3.36. The van der Waals surface area contributed by atoms with Crippen LogP contribution >= 0.6 is 0 Å². The predicted octanol–water partition coefficient (Wildman–Crippen LogP) is 2.96. The zero-order chi connectivity index (χ0) is 22.5. The van der Waals surface area contributed by atoms with Crippen molar-refractivity contribution >= 4 is 5.97 Å². The Balaban J connectivity index is 0.000000396. The second-order valence-corrected chi connectivity index (χ2v) is 6.84. The van der Waals surface area contributed by atoms with Gasteiger partial charge in [-0.05, 0) is 56.1 Å². The highest BCUT2D eigenvalue weighted by molar-refractivity contribution is 5.73. The van der Waals surface area contributed by atoms with Crippen LogP contribution in [-0.2, 0) is 4.79 Å². The van der Waals surface area contributed by atoms with Gasteiger partial charge in [0.25, 0.3) is 0 Å². The zero-order valence-corrected chi connectivity index (χ0v) is 15.9. The van der Waals surface area contributed by atoms with Crippen molar-refractivity contribution in [2.45, 2.75) is 32.0 Å². The maximum atomic E-state index is 14.1. The number of aromatic hydroxyl groups is 1. The summed E-state index contributed by atoms with van der Waals surface area (Å²) in [4.78, 5) is 8.90. The monoisotopic (exact) mass is 431 g/mol. The van der Waals surface area contributed by atoms with Gasteiger partial charge < -0.3 is 20.6 Å². The number of phenolic OH excluding ortho intramolecular Hbond substituents is 1. The summed E-state index contributed by atoms with van der Waals surface area (Å²) >= 11 is 0. The number of carbonyl (C=O) groups is 1. The molecule has 3 rings (SSSR count). The number of phenols is 1. The highest BCUT2D eigenvalue weighted by Crippen LogP contribution is 2.32. The molecular weight excluding hydrogens is 410 g/mol. The Bertz CT molecular complexity index is 846. The normalized spacial score (nSPS) is 17.6. The van der Waals surface area contributed by atoms with E-state index in [1.807, 2.05) is 0 Å². The van der Waals surface area contributed by atoms with E-state index in [0.717, 1.165) is 25.9 Å². The number of carboxylic acids is 1. The van der Waals surface area contributed by atoms with E-state index in [0.29, 0.717) is 11.3 Å². The van der Waals surface area contributed by atoms with Gasteiger partial charge in [-0.2, -0.15) is 18.3 Å². The lowest BCUT2D eigenvalue weighted by Gasteiger charge is -2.26. The Morgan fingerprint density at radius 3 is 2.40 bits per heavy atom. The average Bonchev–Trinajstić information content (AvgIpc) is 2.67. The molecule has 2 aromatic rings. The van der Waals surface area contributed by atoms with Gasteiger partial charge in [0.15, 0.2) is 0 Å². The quantitative estimate of drug-likeness (QED) is 0.552. The summed E-state index contributed by atoms with van der Waals surface area (Å²) < 4.78 is 45.8. The minimum Gasteiger partial charge on any atom is -0.507 e. The molecule has 164 valence electrons. The van der Waals surface area contributed by atoms with Crippen molar-refractivity contribution in [3.05, 3.63) is 41.3 Å². The highest BCUT2D eigenvalue weighted by Gasteiger charge is 2.38. The topological polar surface area (TPSA) is 116 Å². The fourth-order valence-electron chi connectivity index (χ4n) is 3.00. The van der Waals surface area contributed by atoms with E-state index in [1.165, 1.54) is 12.1 Å². The molecule has 11 heteroatoms. The maximum absolute atomic E-state index is 14.1. The molecule has 4 N–H and O–H groups in total. The third-order valence-corrected chi connectivity index (χ3v) is 4.48. The molecular formula is C19H21F4N3O4. The number of halogens is 4. The molecule has 1 fully saturated rings. The van der Waals surface area contributed by atoms with Crippen molar-refractivity contribution < 1.29 is 37.7 Å². The van der Waals surface area contributed by atoms with Crippen LogP contribution in [0.1, 0.15) is 30.2 Å². The van der Waals surface area contributed by atoms with Crippen LogP contribution in [-0.4, -0.2) is 50.8 Å². The number of aliphatic carboxylic acids is 1. The number of aliphatic hydroxyl groups excluding tert-OH is 1. The first-order valence-electron chi connectivity index (χ1n) is 9.02. The van der Waals surface area contributed by atoms with Crippen molar-refractivity contribution in [1.82, 2.24) is 15.5 Å². The van der Waals surface area contributed by atoms with Crippen molar-refractivity contribution in [3.63, 3.8) is 0 Å². The van der Waals surface area contributed by atoms with Gasteiger partial charge in [-0.25, -0.2) is 9.18 Å². The largest absolute Gasteiger partial charge is 0.507 e. The number of carboxylic acid groups (broad SMARTS) is 1. The van der Waals surface area contributed by atoms with Gasteiger partial charge in [0, 0.05) is 12.5 Å². The number of nitrogens with one attached hydrogen (secondary N) is 1. The number of aliphatic hydroxyl groups is 1. The summed E-state index contributed by atoms with van der Waals surface area (Å²) in [5, 5.41) is 38.7. The lowest BCUT2D eigenvalue weighted by atomic mass is 9.92. The third-order valence-electron chi connectivity index (χ3n) is 4.48. The summed E-state index contributed by atoms with van der Waals surface area (Å²) in [6.07, 6.45) is -3.82. The number of aromatic nitrogens is 2. The van der Waals surface area contributed by atoms with Gasteiger partial charge >= 0.3 is 12.1 Å². The van der Waals surface area contributed by atoms with Crippen LogP contribution in [0.4, 0.5) is 17.6 Å². The minimum atomic E-state index is -5.08. The van der Waals surface area contributed by atoms with Gasteiger partial charge in [-0.15, -0.1) is 5.10 Å².